The Morgan fingerprint density at radius 2 is 1.90 bits per heavy atom. The Morgan fingerprint density at radius 1 is 1.10 bits per heavy atom. The van der Waals surface area contributed by atoms with Crippen molar-refractivity contribution in [3.05, 3.63) is 58.1 Å². The Bertz CT molecular complexity index is 572. The lowest BCUT2D eigenvalue weighted by Crippen LogP contribution is -2.14. The van der Waals surface area contributed by atoms with E-state index in [9.17, 15) is 0 Å². The van der Waals surface area contributed by atoms with Crippen molar-refractivity contribution in [2.75, 3.05) is 6.54 Å². The second kappa shape index (κ2) is 7.53. The number of hydrogen-bond acceptors (Lipinski definition) is 2. The molecule has 0 fully saturated rings. The van der Waals surface area contributed by atoms with Crippen molar-refractivity contribution in [3.63, 3.8) is 0 Å². The van der Waals surface area contributed by atoms with Gasteiger partial charge in [-0.2, -0.15) is 0 Å². The lowest BCUT2D eigenvalue weighted by atomic mass is 10.2. The van der Waals surface area contributed by atoms with Gasteiger partial charge in [-0.05, 0) is 37.2 Å². The van der Waals surface area contributed by atoms with Crippen LogP contribution in [0.25, 0.3) is 0 Å². The van der Waals surface area contributed by atoms with Crippen LogP contribution in [-0.2, 0) is 6.54 Å². The molecule has 0 unspecified atom stereocenters. The van der Waals surface area contributed by atoms with E-state index in [1.165, 1.54) is 0 Å². The number of ether oxygens (including phenoxy) is 1. The smallest absolute Gasteiger partial charge is 0.150 e. The number of halogens is 2. The summed E-state index contributed by atoms with van der Waals surface area (Å²) in [5, 5.41) is 4.59. The summed E-state index contributed by atoms with van der Waals surface area (Å²) in [5.41, 5.74) is 1.03. The Balaban J connectivity index is 2.21. The van der Waals surface area contributed by atoms with Crippen molar-refractivity contribution >= 4 is 23.2 Å². The molecule has 0 heterocycles. The van der Waals surface area contributed by atoms with Crippen molar-refractivity contribution in [1.82, 2.24) is 5.32 Å². The number of benzene rings is 2. The summed E-state index contributed by atoms with van der Waals surface area (Å²) in [6, 6.07) is 13.1. The van der Waals surface area contributed by atoms with E-state index in [-0.39, 0.29) is 0 Å². The van der Waals surface area contributed by atoms with Crippen LogP contribution in [0.15, 0.2) is 42.5 Å². The van der Waals surface area contributed by atoms with Crippen LogP contribution in [0.1, 0.15) is 18.9 Å². The second-order valence-corrected chi connectivity index (χ2v) is 5.31. The van der Waals surface area contributed by atoms with E-state index in [4.69, 9.17) is 27.9 Å². The highest BCUT2D eigenvalue weighted by atomic mass is 35.5. The van der Waals surface area contributed by atoms with Crippen LogP contribution in [0.5, 0.6) is 11.5 Å². The Hall–Kier alpha value is -1.22. The number of nitrogens with one attached hydrogen (secondary N) is 1. The van der Waals surface area contributed by atoms with Gasteiger partial charge >= 0.3 is 0 Å². The maximum Gasteiger partial charge on any atom is 0.150 e. The molecule has 20 heavy (non-hydrogen) atoms. The van der Waals surface area contributed by atoms with Crippen molar-refractivity contribution in [1.29, 1.82) is 0 Å². The molecular formula is C16H17Cl2NO. The molecule has 106 valence electrons. The van der Waals surface area contributed by atoms with Gasteiger partial charge < -0.3 is 10.1 Å². The lowest BCUT2D eigenvalue weighted by molar-refractivity contribution is 0.473. The molecule has 1 N–H and O–H groups in total. The highest BCUT2D eigenvalue weighted by molar-refractivity contribution is 6.32. The van der Waals surface area contributed by atoms with Crippen molar-refractivity contribution in [3.8, 4) is 11.5 Å². The molecule has 0 spiro atoms. The maximum atomic E-state index is 6.25. The minimum Gasteiger partial charge on any atom is -0.455 e. The third-order valence-corrected chi connectivity index (χ3v) is 3.34. The summed E-state index contributed by atoms with van der Waals surface area (Å²) in [7, 11) is 0. The van der Waals surface area contributed by atoms with Crippen molar-refractivity contribution < 1.29 is 4.74 Å². The maximum absolute atomic E-state index is 6.25. The fourth-order valence-corrected chi connectivity index (χ4v) is 2.27. The normalized spacial score (nSPS) is 10.6. The largest absolute Gasteiger partial charge is 0.455 e. The SMILES string of the molecule is CCCNCc1cccc(Cl)c1Oc1cccc(Cl)c1. The first-order valence-corrected chi connectivity index (χ1v) is 7.38. The molecule has 0 atom stereocenters. The van der Waals surface area contributed by atoms with Crippen LogP contribution in [-0.4, -0.2) is 6.54 Å². The summed E-state index contributed by atoms with van der Waals surface area (Å²) in [6.07, 6.45) is 1.09. The first-order chi connectivity index (χ1) is 9.70. The number of para-hydroxylation sites is 1. The lowest BCUT2D eigenvalue weighted by Gasteiger charge is -2.13. The monoisotopic (exact) mass is 309 g/mol. The average molecular weight is 310 g/mol. The minimum atomic E-state index is 0.598. The molecule has 2 aromatic carbocycles. The zero-order chi connectivity index (χ0) is 14.4. The van der Waals surface area contributed by atoms with Gasteiger partial charge in [0.05, 0.1) is 5.02 Å². The van der Waals surface area contributed by atoms with Gasteiger partial charge in [0.2, 0.25) is 0 Å². The van der Waals surface area contributed by atoms with Gasteiger partial charge in [0, 0.05) is 17.1 Å². The Labute approximate surface area is 129 Å². The highest BCUT2D eigenvalue weighted by Gasteiger charge is 2.09. The summed E-state index contributed by atoms with van der Waals surface area (Å²) in [4.78, 5) is 0. The zero-order valence-corrected chi connectivity index (χ0v) is 12.8. The van der Waals surface area contributed by atoms with Crippen LogP contribution in [0.2, 0.25) is 10.0 Å². The molecule has 0 aliphatic carbocycles. The molecule has 0 amide bonds. The summed E-state index contributed by atoms with van der Waals surface area (Å²) in [5.74, 6) is 1.36. The molecule has 4 heteroatoms. The van der Waals surface area contributed by atoms with Crippen LogP contribution >= 0.6 is 23.2 Å². The molecule has 2 nitrogen and oxygen atoms in total. The van der Waals surface area contributed by atoms with E-state index >= 15 is 0 Å². The van der Waals surface area contributed by atoms with Gasteiger partial charge in [-0.3, -0.25) is 0 Å². The van der Waals surface area contributed by atoms with E-state index < -0.39 is 0 Å². The van der Waals surface area contributed by atoms with Crippen molar-refractivity contribution in [2.45, 2.75) is 19.9 Å². The molecule has 0 radical (unpaired) electrons. The quantitative estimate of drug-likeness (QED) is 0.732. The van der Waals surface area contributed by atoms with Crippen LogP contribution in [0, 0.1) is 0 Å². The molecule has 0 saturated carbocycles. The summed E-state index contributed by atoms with van der Waals surface area (Å²) in [6.45, 7) is 3.82. The molecule has 0 bridgehead atoms. The van der Waals surface area contributed by atoms with Gasteiger partial charge in [-0.1, -0.05) is 48.3 Å². The van der Waals surface area contributed by atoms with Crippen LogP contribution in [0.3, 0.4) is 0 Å². The molecule has 0 aromatic heterocycles. The molecule has 0 saturated heterocycles. The molecule has 2 rings (SSSR count). The highest BCUT2D eigenvalue weighted by Crippen LogP contribution is 2.33. The first kappa shape index (κ1) is 15.2. The second-order valence-electron chi connectivity index (χ2n) is 4.46. The number of rotatable bonds is 6. The predicted octanol–water partition coefficient (Wildman–Crippen LogP) is 5.29. The average Bonchev–Trinajstić information content (AvgIpc) is 2.43. The first-order valence-electron chi connectivity index (χ1n) is 6.62. The van der Waals surface area contributed by atoms with Gasteiger partial charge in [-0.25, -0.2) is 0 Å². The molecule has 0 aliphatic rings. The van der Waals surface area contributed by atoms with Crippen LogP contribution in [0.4, 0.5) is 0 Å². The van der Waals surface area contributed by atoms with Gasteiger partial charge in [-0.15, -0.1) is 0 Å². The zero-order valence-electron chi connectivity index (χ0n) is 11.3. The van der Waals surface area contributed by atoms with Crippen molar-refractivity contribution in [2.24, 2.45) is 0 Å². The fourth-order valence-electron chi connectivity index (χ4n) is 1.86. The Kier molecular flexibility index (Phi) is 5.72. The molecule has 2 aromatic rings. The molecular weight excluding hydrogens is 293 g/mol. The standard InChI is InChI=1S/C16H17Cl2NO/c1-2-9-19-11-12-5-3-8-15(18)16(12)20-14-7-4-6-13(17)10-14/h3-8,10,19H,2,9,11H2,1H3. The fraction of sp³-hybridized carbons (Fsp3) is 0.250. The number of hydrogen-bond donors (Lipinski definition) is 1. The summed E-state index contributed by atoms with van der Waals surface area (Å²) < 4.78 is 5.90. The van der Waals surface area contributed by atoms with E-state index in [2.05, 4.69) is 12.2 Å². The van der Waals surface area contributed by atoms with Gasteiger partial charge in [0.15, 0.2) is 0 Å². The predicted molar refractivity (Wildman–Crippen MR) is 85.0 cm³/mol. The van der Waals surface area contributed by atoms with E-state index in [1.54, 1.807) is 6.07 Å². The van der Waals surface area contributed by atoms with E-state index in [0.717, 1.165) is 25.1 Å². The van der Waals surface area contributed by atoms with Crippen LogP contribution < -0.4 is 10.1 Å². The minimum absolute atomic E-state index is 0.598. The van der Waals surface area contributed by atoms with E-state index in [1.807, 2.05) is 36.4 Å². The van der Waals surface area contributed by atoms with E-state index in [0.29, 0.717) is 21.5 Å². The van der Waals surface area contributed by atoms with Gasteiger partial charge in [0.25, 0.3) is 0 Å². The summed E-state index contributed by atoms with van der Waals surface area (Å²) >= 11 is 12.2. The topological polar surface area (TPSA) is 21.3 Å². The third-order valence-electron chi connectivity index (χ3n) is 2.81. The Morgan fingerprint density at radius 3 is 2.65 bits per heavy atom. The molecule has 0 aliphatic heterocycles. The van der Waals surface area contributed by atoms with Gasteiger partial charge in [0.1, 0.15) is 11.5 Å². The third kappa shape index (κ3) is 4.14.